The van der Waals surface area contributed by atoms with Gasteiger partial charge in [0.15, 0.2) is 0 Å². The van der Waals surface area contributed by atoms with Crippen LogP contribution in [0.4, 0.5) is 0 Å². The number of nitrogens with two attached hydrogens (primary N) is 1. The lowest BCUT2D eigenvalue weighted by atomic mass is 9.78. The van der Waals surface area contributed by atoms with Gasteiger partial charge in [0.25, 0.3) is 0 Å². The Morgan fingerprint density at radius 3 is 2.53 bits per heavy atom. The van der Waals surface area contributed by atoms with Crippen molar-refractivity contribution < 1.29 is 0 Å². The molecule has 0 spiro atoms. The molecule has 2 rings (SSSR count). The van der Waals surface area contributed by atoms with Crippen LogP contribution in [-0.2, 0) is 0 Å². The van der Waals surface area contributed by atoms with E-state index in [1.54, 1.807) is 0 Å². The van der Waals surface area contributed by atoms with E-state index in [9.17, 15) is 0 Å². The molecular formula is C17H34N2. The third-order valence-electron chi connectivity index (χ3n) is 5.39. The van der Waals surface area contributed by atoms with Crippen LogP contribution in [0.1, 0.15) is 78.1 Å². The molecule has 2 aliphatic rings. The average Bonchev–Trinajstić information content (AvgIpc) is 2.42. The highest BCUT2D eigenvalue weighted by atomic mass is 15.2. The van der Waals surface area contributed by atoms with E-state index in [0.29, 0.717) is 12.1 Å². The van der Waals surface area contributed by atoms with Crippen molar-refractivity contribution in [3.05, 3.63) is 0 Å². The fraction of sp³-hybridized carbons (Fsp3) is 1.00. The Balaban J connectivity index is 1.99. The molecule has 1 aliphatic carbocycles. The topological polar surface area (TPSA) is 29.3 Å². The fourth-order valence-corrected chi connectivity index (χ4v) is 4.41. The minimum absolute atomic E-state index is 0.436. The van der Waals surface area contributed by atoms with E-state index in [1.165, 1.54) is 70.8 Å². The van der Waals surface area contributed by atoms with Crippen molar-refractivity contribution in [3.63, 3.8) is 0 Å². The predicted octanol–water partition coefficient (Wildman–Crippen LogP) is 3.94. The molecule has 112 valence electrons. The van der Waals surface area contributed by atoms with Crippen LogP contribution in [0.25, 0.3) is 0 Å². The molecule has 1 aliphatic heterocycles. The van der Waals surface area contributed by atoms with E-state index < -0.39 is 0 Å². The maximum absolute atomic E-state index is 6.48. The molecule has 2 fully saturated rings. The summed E-state index contributed by atoms with van der Waals surface area (Å²) in [6, 6.07) is 1.95. The van der Waals surface area contributed by atoms with Gasteiger partial charge in [0.05, 0.1) is 0 Å². The van der Waals surface area contributed by atoms with Gasteiger partial charge < -0.3 is 5.73 Å². The van der Waals surface area contributed by atoms with Crippen molar-refractivity contribution in [1.82, 2.24) is 4.90 Å². The van der Waals surface area contributed by atoms with Gasteiger partial charge in [0.1, 0.15) is 0 Å². The summed E-state index contributed by atoms with van der Waals surface area (Å²) in [5, 5.41) is 0. The summed E-state index contributed by atoms with van der Waals surface area (Å²) in [5.41, 5.74) is 6.48. The van der Waals surface area contributed by atoms with E-state index in [-0.39, 0.29) is 0 Å². The van der Waals surface area contributed by atoms with Crippen molar-refractivity contribution in [2.24, 2.45) is 11.7 Å². The number of piperidine rings is 1. The van der Waals surface area contributed by atoms with Gasteiger partial charge in [-0.05, 0) is 51.0 Å². The lowest BCUT2D eigenvalue weighted by Crippen LogP contribution is -2.56. The number of nitrogens with zero attached hydrogens (tertiary/aromatic N) is 1. The SMILES string of the molecule is CCCC1CCC(N)C(N2CCCCC2CCC)C1. The molecule has 2 N–H and O–H groups in total. The molecule has 1 heterocycles. The molecule has 2 heteroatoms. The molecular weight excluding hydrogens is 232 g/mol. The van der Waals surface area contributed by atoms with Crippen LogP contribution in [-0.4, -0.2) is 29.6 Å². The van der Waals surface area contributed by atoms with Crippen LogP contribution in [0.3, 0.4) is 0 Å². The first-order valence-corrected chi connectivity index (χ1v) is 8.77. The molecule has 0 aromatic rings. The Bertz CT molecular complexity index is 252. The van der Waals surface area contributed by atoms with Crippen molar-refractivity contribution in [2.45, 2.75) is 96.2 Å². The van der Waals surface area contributed by atoms with Gasteiger partial charge in [-0.15, -0.1) is 0 Å². The summed E-state index contributed by atoms with van der Waals surface area (Å²) in [4.78, 5) is 2.82. The molecule has 1 saturated heterocycles. The van der Waals surface area contributed by atoms with Crippen LogP contribution in [0.15, 0.2) is 0 Å². The van der Waals surface area contributed by atoms with Gasteiger partial charge in [-0.25, -0.2) is 0 Å². The number of hydrogen-bond acceptors (Lipinski definition) is 2. The Kier molecular flexibility index (Phi) is 6.15. The third kappa shape index (κ3) is 3.95. The minimum Gasteiger partial charge on any atom is -0.326 e. The lowest BCUT2D eigenvalue weighted by molar-refractivity contribution is 0.0409. The van der Waals surface area contributed by atoms with E-state index in [2.05, 4.69) is 18.7 Å². The minimum atomic E-state index is 0.436. The summed E-state index contributed by atoms with van der Waals surface area (Å²) in [7, 11) is 0. The van der Waals surface area contributed by atoms with Crippen LogP contribution in [0, 0.1) is 5.92 Å². The van der Waals surface area contributed by atoms with Gasteiger partial charge >= 0.3 is 0 Å². The van der Waals surface area contributed by atoms with E-state index in [1.807, 2.05) is 0 Å². The smallest absolute Gasteiger partial charge is 0.0252 e. The molecule has 2 nitrogen and oxygen atoms in total. The molecule has 0 aromatic carbocycles. The maximum atomic E-state index is 6.48. The van der Waals surface area contributed by atoms with Gasteiger partial charge in [-0.1, -0.05) is 39.5 Å². The molecule has 0 radical (unpaired) electrons. The van der Waals surface area contributed by atoms with Crippen molar-refractivity contribution in [1.29, 1.82) is 0 Å². The summed E-state index contributed by atoms with van der Waals surface area (Å²) < 4.78 is 0. The highest BCUT2D eigenvalue weighted by Crippen LogP contribution is 2.34. The first-order chi connectivity index (χ1) is 9.26. The zero-order valence-electron chi connectivity index (χ0n) is 13.1. The second-order valence-electron chi connectivity index (χ2n) is 6.88. The Morgan fingerprint density at radius 2 is 1.79 bits per heavy atom. The normalized spacial score (nSPS) is 37.4. The highest BCUT2D eigenvalue weighted by Gasteiger charge is 2.35. The highest BCUT2D eigenvalue weighted by molar-refractivity contribution is 4.93. The van der Waals surface area contributed by atoms with Crippen molar-refractivity contribution >= 4 is 0 Å². The third-order valence-corrected chi connectivity index (χ3v) is 5.39. The zero-order chi connectivity index (χ0) is 13.7. The number of hydrogen-bond donors (Lipinski definition) is 1. The van der Waals surface area contributed by atoms with Crippen LogP contribution in [0.5, 0.6) is 0 Å². The van der Waals surface area contributed by atoms with Crippen LogP contribution in [0.2, 0.25) is 0 Å². The summed E-state index contributed by atoms with van der Waals surface area (Å²) in [5.74, 6) is 0.944. The average molecular weight is 266 g/mol. The largest absolute Gasteiger partial charge is 0.326 e. The Labute approximate surface area is 120 Å². The fourth-order valence-electron chi connectivity index (χ4n) is 4.41. The molecule has 1 saturated carbocycles. The van der Waals surface area contributed by atoms with E-state index >= 15 is 0 Å². The lowest BCUT2D eigenvalue weighted by Gasteiger charge is -2.47. The Hall–Kier alpha value is -0.0800. The predicted molar refractivity (Wildman–Crippen MR) is 83.3 cm³/mol. The second-order valence-corrected chi connectivity index (χ2v) is 6.88. The number of likely N-dealkylation sites (tertiary alicyclic amines) is 1. The molecule has 19 heavy (non-hydrogen) atoms. The number of rotatable bonds is 5. The maximum Gasteiger partial charge on any atom is 0.0252 e. The van der Waals surface area contributed by atoms with Gasteiger partial charge in [0, 0.05) is 18.1 Å². The zero-order valence-corrected chi connectivity index (χ0v) is 13.1. The van der Waals surface area contributed by atoms with Crippen molar-refractivity contribution in [3.8, 4) is 0 Å². The molecule has 0 bridgehead atoms. The quantitative estimate of drug-likeness (QED) is 0.816. The molecule has 0 amide bonds. The monoisotopic (exact) mass is 266 g/mol. The van der Waals surface area contributed by atoms with E-state index in [4.69, 9.17) is 5.73 Å². The van der Waals surface area contributed by atoms with Crippen LogP contribution < -0.4 is 5.73 Å². The second kappa shape index (κ2) is 7.64. The summed E-state index contributed by atoms with van der Waals surface area (Å²) in [6.07, 6.45) is 13.7. The molecule has 4 atom stereocenters. The first kappa shape index (κ1) is 15.3. The van der Waals surface area contributed by atoms with Crippen LogP contribution >= 0.6 is 0 Å². The Morgan fingerprint density at radius 1 is 1.00 bits per heavy atom. The van der Waals surface area contributed by atoms with Gasteiger partial charge in [-0.3, -0.25) is 4.90 Å². The standard InChI is InChI=1S/C17H34N2/c1-3-7-14-10-11-16(18)17(13-14)19-12-6-5-9-15(19)8-4-2/h14-17H,3-13,18H2,1-2H3. The molecule has 0 aromatic heterocycles. The first-order valence-electron chi connectivity index (χ1n) is 8.77. The summed E-state index contributed by atoms with van der Waals surface area (Å²) >= 11 is 0. The van der Waals surface area contributed by atoms with Crippen molar-refractivity contribution in [2.75, 3.05) is 6.54 Å². The molecule has 4 unspecified atom stereocenters. The van der Waals surface area contributed by atoms with E-state index in [0.717, 1.165) is 12.0 Å². The van der Waals surface area contributed by atoms with Gasteiger partial charge in [-0.2, -0.15) is 0 Å². The van der Waals surface area contributed by atoms with Gasteiger partial charge in [0.2, 0.25) is 0 Å². The summed E-state index contributed by atoms with van der Waals surface area (Å²) in [6.45, 7) is 5.96.